The summed E-state index contributed by atoms with van der Waals surface area (Å²) in [6.45, 7) is 5.66. The average molecular weight is 379 g/mol. The summed E-state index contributed by atoms with van der Waals surface area (Å²) in [5.41, 5.74) is 2.67. The van der Waals surface area contributed by atoms with Crippen LogP contribution in [0.2, 0.25) is 0 Å². The molecule has 0 unspecified atom stereocenters. The number of nitrogens with zero attached hydrogens (tertiary/aromatic N) is 2. The number of carbonyl (C=O) groups is 2. The van der Waals surface area contributed by atoms with E-state index in [0.29, 0.717) is 11.6 Å². The lowest BCUT2D eigenvalue weighted by atomic mass is 10.1. The molecule has 2 aliphatic heterocycles. The zero-order valence-corrected chi connectivity index (χ0v) is 16.6. The first-order valence-corrected chi connectivity index (χ1v) is 10.2. The Labute approximate surface area is 168 Å². The maximum Gasteiger partial charge on any atom is 0.135 e. The van der Waals surface area contributed by atoms with Crippen molar-refractivity contribution in [3.05, 3.63) is 71.8 Å². The molecule has 0 amide bonds. The molecular weight excluding hydrogens is 348 g/mol. The Balaban J connectivity index is 0.000000161. The minimum Gasteiger partial charge on any atom is -0.300 e. The molecule has 2 aromatic carbocycles. The maximum absolute atomic E-state index is 11.0. The van der Waals surface area contributed by atoms with Crippen LogP contribution in [0.1, 0.15) is 36.8 Å². The van der Waals surface area contributed by atoms with Crippen LogP contribution < -0.4 is 0 Å². The quantitative estimate of drug-likeness (QED) is 0.813. The fourth-order valence-electron chi connectivity index (χ4n) is 3.60. The standard InChI is InChI=1S/2C12H15NO/c2*14-12-6-8-13(9-7-12)10-11-4-2-1-3-5-11/h2*1-5H,6-10H2. The topological polar surface area (TPSA) is 40.6 Å². The third-order valence-electron chi connectivity index (χ3n) is 5.33. The van der Waals surface area contributed by atoms with Gasteiger partial charge in [-0.2, -0.15) is 0 Å². The number of piperidine rings is 2. The molecule has 2 heterocycles. The molecule has 2 fully saturated rings. The fraction of sp³-hybridized carbons (Fsp3) is 0.417. The molecule has 4 rings (SSSR count). The van der Waals surface area contributed by atoms with Gasteiger partial charge in [0.2, 0.25) is 0 Å². The first-order chi connectivity index (χ1) is 13.7. The van der Waals surface area contributed by atoms with E-state index in [2.05, 4.69) is 58.3 Å². The predicted octanol–water partition coefficient (Wildman–Crippen LogP) is 3.70. The Kier molecular flexibility index (Phi) is 7.94. The van der Waals surface area contributed by atoms with Crippen molar-refractivity contribution in [2.75, 3.05) is 26.2 Å². The van der Waals surface area contributed by atoms with Gasteiger partial charge in [-0.15, -0.1) is 0 Å². The van der Waals surface area contributed by atoms with Crippen LogP contribution in [0.15, 0.2) is 60.7 Å². The highest BCUT2D eigenvalue weighted by Gasteiger charge is 2.16. The molecule has 0 radical (unpaired) electrons. The van der Waals surface area contributed by atoms with Gasteiger partial charge in [0.05, 0.1) is 0 Å². The molecule has 148 valence electrons. The van der Waals surface area contributed by atoms with E-state index in [-0.39, 0.29) is 0 Å². The van der Waals surface area contributed by atoms with Crippen LogP contribution in [0.5, 0.6) is 0 Å². The van der Waals surface area contributed by atoms with Crippen molar-refractivity contribution in [1.29, 1.82) is 0 Å². The molecule has 0 N–H and O–H groups in total. The molecule has 4 heteroatoms. The van der Waals surface area contributed by atoms with Crippen molar-refractivity contribution < 1.29 is 9.59 Å². The van der Waals surface area contributed by atoms with E-state index in [9.17, 15) is 9.59 Å². The summed E-state index contributed by atoms with van der Waals surface area (Å²) in [5.74, 6) is 0.823. The van der Waals surface area contributed by atoms with E-state index in [4.69, 9.17) is 0 Å². The summed E-state index contributed by atoms with van der Waals surface area (Å²) in [4.78, 5) is 26.8. The van der Waals surface area contributed by atoms with Gasteiger partial charge in [-0.3, -0.25) is 19.4 Å². The second kappa shape index (κ2) is 10.9. The molecule has 0 saturated carbocycles. The second-order valence-electron chi connectivity index (χ2n) is 7.60. The zero-order chi connectivity index (χ0) is 19.6. The third-order valence-corrected chi connectivity index (χ3v) is 5.33. The normalized spacial score (nSPS) is 18.4. The number of hydrogen-bond donors (Lipinski definition) is 0. The Hall–Kier alpha value is -2.30. The Morgan fingerprint density at radius 1 is 0.536 bits per heavy atom. The van der Waals surface area contributed by atoms with Gasteiger partial charge in [-0.05, 0) is 11.1 Å². The van der Waals surface area contributed by atoms with Crippen LogP contribution in [-0.4, -0.2) is 47.5 Å². The number of likely N-dealkylation sites (tertiary alicyclic amines) is 2. The van der Waals surface area contributed by atoms with E-state index < -0.39 is 0 Å². The van der Waals surface area contributed by atoms with Crippen molar-refractivity contribution in [3.63, 3.8) is 0 Å². The van der Waals surface area contributed by atoms with Crippen molar-refractivity contribution in [1.82, 2.24) is 9.80 Å². The third kappa shape index (κ3) is 7.02. The number of rotatable bonds is 4. The van der Waals surface area contributed by atoms with Crippen LogP contribution in [0.3, 0.4) is 0 Å². The number of Topliss-reactive ketones (excluding diaryl/α,β-unsaturated/α-hetero) is 2. The highest BCUT2D eigenvalue weighted by atomic mass is 16.1. The van der Waals surface area contributed by atoms with Gasteiger partial charge in [0.1, 0.15) is 11.6 Å². The van der Waals surface area contributed by atoms with Crippen LogP contribution in [0.25, 0.3) is 0 Å². The number of benzene rings is 2. The van der Waals surface area contributed by atoms with Crippen LogP contribution in [0, 0.1) is 0 Å². The van der Waals surface area contributed by atoms with Crippen molar-refractivity contribution in [2.45, 2.75) is 38.8 Å². The van der Waals surface area contributed by atoms with Crippen LogP contribution in [0.4, 0.5) is 0 Å². The molecule has 2 aromatic rings. The number of ketones is 2. The monoisotopic (exact) mass is 378 g/mol. The Morgan fingerprint density at radius 2 is 0.857 bits per heavy atom. The van der Waals surface area contributed by atoms with Gasteiger partial charge >= 0.3 is 0 Å². The highest BCUT2D eigenvalue weighted by Crippen LogP contribution is 2.11. The maximum atomic E-state index is 11.0. The molecule has 2 aliphatic rings. The fourth-order valence-corrected chi connectivity index (χ4v) is 3.60. The summed E-state index contributed by atoms with van der Waals surface area (Å²) >= 11 is 0. The molecular formula is C24H30N2O2. The smallest absolute Gasteiger partial charge is 0.135 e. The number of hydrogen-bond acceptors (Lipinski definition) is 4. The largest absolute Gasteiger partial charge is 0.300 e. The average Bonchev–Trinajstić information content (AvgIpc) is 2.74. The number of carbonyl (C=O) groups excluding carboxylic acids is 2. The Bertz CT molecular complexity index is 660. The Morgan fingerprint density at radius 3 is 1.18 bits per heavy atom. The second-order valence-corrected chi connectivity index (χ2v) is 7.60. The highest BCUT2D eigenvalue weighted by molar-refractivity contribution is 5.79. The van der Waals surface area contributed by atoms with Gasteiger partial charge in [0, 0.05) is 65.0 Å². The summed E-state index contributed by atoms with van der Waals surface area (Å²) < 4.78 is 0. The van der Waals surface area contributed by atoms with E-state index in [1.807, 2.05) is 12.1 Å². The summed E-state index contributed by atoms with van der Waals surface area (Å²) in [6, 6.07) is 20.8. The molecule has 0 bridgehead atoms. The first-order valence-electron chi connectivity index (χ1n) is 10.2. The lowest BCUT2D eigenvalue weighted by Gasteiger charge is -2.25. The summed E-state index contributed by atoms with van der Waals surface area (Å²) in [5, 5.41) is 0. The lowest BCUT2D eigenvalue weighted by molar-refractivity contribution is -0.122. The van der Waals surface area contributed by atoms with E-state index in [1.54, 1.807) is 0 Å². The SMILES string of the molecule is O=C1CCN(Cc2ccccc2)CC1.O=C1CCN(Cc2ccccc2)CC1. The van der Waals surface area contributed by atoms with Crippen molar-refractivity contribution in [3.8, 4) is 0 Å². The van der Waals surface area contributed by atoms with Crippen molar-refractivity contribution in [2.24, 2.45) is 0 Å². The van der Waals surface area contributed by atoms with Crippen LogP contribution >= 0.6 is 0 Å². The van der Waals surface area contributed by atoms with Crippen LogP contribution in [-0.2, 0) is 22.7 Å². The van der Waals surface area contributed by atoms with E-state index in [1.165, 1.54) is 11.1 Å². The minimum absolute atomic E-state index is 0.411. The molecule has 4 nitrogen and oxygen atoms in total. The molecule has 28 heavy (non-hydrogen) atoms. The predicted molar refractivity (Wildman–Crippen MR) is 112 cm³/mol. The van der Waals surface area contributed by atoms with E-state index >= 15 is 0 Å². The van der Waals surface area contributed by atoms with Gasteiger partial charge in [-0.25, -0.2) is 0 Å². The molecule has 0 atom stereocenters. The van der Waals surface area contributed by atoms with Gasteiger partial charge in [0.25, 0.3) is 0 Å². The van der Waals surface area contributed by atoms with Gasteiger partial charge in [0.15, 0.2) is 0 Å². The molecule has 2 saturated heterocycles. The minimum atomic E-state index is 0.411. The van der Waals surface area contributed by atoms with E-state index in [0.717, 1.165) is 65.0 Å². The molecule has 0 aromatic heterocycles. The van der Waals surface area contributed by atoms with Gasteiger partial charge in [-0.1, -0.05) is 60.7 Å². The van der Waals surface area contributed by atoms with Gasteiger partial charge < -0.3 is 0 Å². The molecule has 0 aliphatic carbocycles. The summed E-state index contributed by atoms with van der Waals surface area (Å²) in [6.07, 6.45) is 2.92. The zero-order valence-electron chi connectivity index (χ0n) is 16.6. The summed E-state index contributed by atoms with van der Waals surface area (Å²) in [7, 11) is 0. The van der Waals surface area contributed by atoms with Crippen molar-refractivity contribution >= 4 is 11.6 Å². The molecule has 0 spiro atoms. The first kappa shape index (κ1) is 20.4. The lowest BCUT2D eigenvalue weighted by Crippen LogP contribution is -2.33.